The minimum atomic E-state index is -0.474. The largest absolute Gasteiger partial charge is 0.422 e. The maximum atomic E-state index is 10.9. The van der Waals surface area contributed by atoms with Crippen LogP contribution in [0.15, 0.2) is 39.5 Å². The molecule has 0 atom stereocenters. The van der Waals surface area contributed by atoms with Gasteiger partial charge >= 0.3 is 5.63 Å². The van der Waals surface area contributed by atoms with Crippen LogP contribution in [0.5, 0.6) is 0 Å². The molecule has 0 saturated carbocycles. The molecule has 0 fully saturated rings. The molecule has 0 aromatic heterocycles. The quantitative estimate of drug-likeness (QED) is 0.623. The van der Waals surface area contributed by atoms with Gasteiger partial charge in [-0.3, -0.25) is 0 Å². The van der Waals surface area contributed by atoms with Crippen LogP contribution in [0.3, 0.4) is 0 Å². The predicted molar refractivity (Wildman–Crippen MR) is 46.6 cm³/mol. The van der Waals surface area contributed by atoms with E-state index in [4.69, 9.17) is 16.0 Å². The Balaban J connectivity index is 2.88. The van der Waals surface area contributed by atoms with Crippen LogP contribution in [-0.2, 0) is 0 Å². The van der Waals surface area contributed by atoms with Gasteiger partial charge in [0.15, 0.2) is 0 Å². The number of rotatable bonds is 0. The third-order valence-electron chi connectivity index (χ3n) is 1.62. The Bertz CT molecular complexity index is 433. The summed E-state index contributed by atoms with van der Waals surface area (Å²) in [5.41, 5.74) is 0.185. The van der Waals surface area contributed by atoms with E-state index in [1.807, 2.05) is 12.1 Å². The maximum Gasteiger partial charge on any atom is 0.355 e. The van der Waals surface area contributed by atoms with Gasteiger partial charge in [0.05, 0.1) is 0 Å². The van der Waals surface area contributed by atoms with Gasteiger partial charge < -0.3 is 4.42 Å². The van der Waals surface area contributed by atoms with Gasteiger partial charge in [0.1, 0.15) is 10.8 Å². The maximum absolute atomic E-state index is 10.9. The molecule has 60 valence electrons. The predicted octanol–water partition coefficient (Wildman–Crippen LogP) is 2.40. The van der Waals surface area contributed by atoms with E-state index < -0.39 is 5.63 Å². The molecule has 0 spiro atoms. The van der Waals surface area contributed by atoms with E-state index in [1.54, 1.807) is 18.2 Å². The van der Waals surface area contributed by atoms with Crippen LogP contribution in [0.2, 0.25) is 5.02 Å². The zero-order valence-electron chi connectivity index (χ0n) is 6.08. The first-order chi connectivity index (χ1) is 5.79. The fourth-order valence-electron chi connectivity index (χ4n) is 1.06. The van der Waals surface area contributed by atoms with Crippen molar-refractivity contribution in [1.82, 2.24) is 0 Å². The van der Waals surface area contributed by atoms with Gasteiger partial charge in [-0.15, -0.1) is 0 Å². The molecule has 0 aromatic carbocycles. The van der Waals surface area contributed by atoms with Gasteiger partial charge in [-0.2, -0.15) is 0 Å². The smallest absolute Gasteiger partial charge is 0.355 e. The highest BCUT2D eigenvalue weighted by molar-refractivity contribution is 6.33. The van der Waals surface area contributed by atoms with Crippen molar-refractivity contribution in [2.45, 2.75) is 0 Å². The second-order valence-corrected chi connectivity index (χ2v) is 2.77. The summed E-state index contributed by atoms with van der Waals surface area (Å²) in [5, 5.41) is 0.154. The van der Waals surface area contributed by atoms with Crippen LogP contribution in [-0.4, -0.2) is 0 Å². The third kappa shape index (κ3) is 1.01. The first kappa shape index (κ1) is 7.37. The highest BCUT2D eigenvalue weighted by atomic mass is 35.5. The molecule has 0 N–H and O–H groups in total. The van der Waals surface area contributed by atoms with E-state index in [0.717, 1.165) is 0 Å². The molecule has 1 aliphatic heterocycles. The molecular formula is C9H5ClO2. The standard InChI is InChI=1S/C9H5ClO2/c10-8-6-4-2-1-3-5-7(6)12-9(8)11/h1-5H. The monoisotopic (exact) mass is 180 g/mol. The first-order valence-corrected chi connectivity index (χ1v) is 3.84. The van der Waals surface area contributed by atoms with Gasteiger partial charge in [0.2, 0.25) is 0 Å². The summed E-state index contributed by atoms with van der Waals surface area (Å²) in [7, 11) is 0. The van der Waals surface area contributed by atoms with E-state index >= 15 is 0 Å². The molecular weight excluding hydrogens is 176 g/mol. The Kier molecular flexibility index (Phi) is 1.62. The summed E-state index contributed by atoms with van der Waals surface area (Å²) < 4.78 is 4.87. The molecule has 0 unspecified atom stereocenters. The van der Waals surface area contributed by atoms with Crippen molar-refractivity contribution in [3.63, 3.8) is 0 Å². The van der Waals surface area contributed by atoms with Crippen molar-refractivity contribution in [2.24, 2.45) is 0 Å². The first-order valence-electron chi connectivity index (χ1n) is 3.46. The van der Waals surface area contributed by atoms with E-state index in [9.17, 15) is 4.79 Å². The average molecular weight is 181 g/mol. The highest BCUT2D eigenvalue weighted by Crippen LogP contribution is 2.26. The average Bonchev–Trinajstić information content (AvgIpc) is 2.30. The summed E-state index contributed by atoms with van der Waals surface area (Å²) in [5.74, 6) is 0.523. The number of hydrogen-bond donors (Lipinski definition) is 0. The SMILES string of the molecule is O=c1oc2cccccc-2c1Cl. The summed E-state index contributed by atoms with van der Waals surface area (Å²) in [6, 6.07) is 8.91. The zero-order chi connectivity index (χ0) is 8.55. The lowest BCUT2D eigenvalue weighted by molar-refractivity contribution is 0.545. The van der Waals surface area contributed by atoms with Gasteiger partial charge in [0.25, 0.3) is 0 Å². The third-order valence-corrected chi connectivity index (χ3v) is 1.97. The van der Waals surface area contributed by atoms with Crippen LogP contribution in [0.25, 0.3) is 11.3 Å². The molecule has 12 heavy (non-hydrogen) atoms. The Morgan fingerprint density at radius 2 is 1.92 bits per heavy atom. The fraction of sp³-hybridized carbons (Fsp3) is 0. The Morgan fingerprint density at radius 3 is 2.75 bits per heavy atom. The molecule has 0 amide bonds. The lowest BCUT2D eigenvalue weighted by Gasteiger charge is -1.84. The summed E-state index contributed by atoms with van der Waals surface area (Å²) in [6.07, 6.45) is 0. The molecule has 2 aliphatic rings. The van der Waals surface area contributed by atoms with Gasteiger partial charge in [-0.25, -0.2) is 4.79 Å². The van der Waals surface area contributed by atoms with Crippen LogP contribution >= 0.6 is 11.6 Å². The molecule has 0 radical (unpaired) electrons. The Morgan fingerprint density at radius 1 is 1.17 bits per heavy atom. The van der Waals surface area contributed by atoms with Gasteiger partial charge in [0, 0.05) is 5.56 Å². The topological polar surface area (TPSA) is 30.2 Å². The molecule has 2 nitrogen and oxygen atoms in total. The van der Waals surface area contributed by atoms with Crippen molar-refractivity contribution in [3.8, 4) is 11.3 Å². The minimum Gasteiger partial charge on any atom is -0.422 e. The lowest BCUT2D eigenvalue weighted by Crippen LogP contribution is -1.88. The van der Waals surface area contributed by atoms with Crippen LogP contribution in [0.4, 0.5) is 0 Å². The molecule has 0 saturated heterocycles. The van der Waals surface area contributed by atoms with E-state index in [0.29, 0.717) is 11.3 Å². The van der Waals surface area contributed by atoms with Gasteiger partial charge in [-0.1, -0.05) is 29.8 Å². The normalized spacial score (nSPS) is 10.4. The number of fused-ring (bicyclic) bond motifs is 1. The van der Waals surface area contributed by atoms with Crippen molar-refractivity contribution in [1.29, 1.82) is 0 Å². The van der Waals surface area contributed by atoms with Crippen LogP contribution < -0.4 is 5.63 Å². The van der Waals surface area contributed by atoms with Crippen molar-refractivity contribution >= 4 is 11.6 Å². The highest BCUT2D eigenvalue weighted by Gasteiger charge is 2.12. The fourth-order valence-corrected chi connectivity index (χ4v) is 1.25. The van der Waals surface area contributed by atoms with E-state index in [1.165, 1.54) is 0 Å². The van der Waals surface area contributed by atoms with Crippen LogP contribution in [0.1, 0.15) is 0 Å². The summed E-state index contributed by atoms with van der Waals surface area (Å²) >= 11 is 5.69. The Labute approximate surface area is 73.7 Å². The second-order valence-electron chi connectivity index (χ2n) is 2.39. The molecule has 3 heteroatoms. The number of hydrogen-bond acceptors (Lipinski definition) is 2. The van der Waals surface area contributed by atoms with Gasteiger partial charge in [-0.05, 0) is 12.1 Å². The zero-order valence-corrected chi connectivity index (χ0v) is 6.84. The van der Waals surface area contributed by atoms with Crippen molar-refractivity contribution < 1.29 is 4.42 Å². The minimum absolute atomic E-state index is 0.154. The van der Waals surface area contributed by atoms with Crippen molar-refractivity contribution in [3.05, 3.63) is 45.8 Å². The molecule has 1 aliphatic carbocycles. The lowest BCUT2D eigenvalue weighted by atomic mass is 10.2. The number of halogens is 1. The number of furan rings is 1. The van der Waals surface area contributed by atoms with E-state index in [-0.39, 0.29) is 5.02 Å². The molecule has 0 bridgehead atoms. The second kappa shape index (κ2) is 2.64. The van der Waals surface area contributed by atoms with Crippen molar-refractivity contribution in [2.75, 3.05) is 0 Å². The Hall–Kier alpha value is -1.28. The molecule has 2 rings (SSSR count). The summed E-state index contributed by atoms with van der Waals surface area (Å²) in [6.45, 7) is 0. The molecule has 1 heterocycles. The summed E-state index contributed by atoms with van der Waals surface area (Å²) in [4.78, 5) is 10.9. The molecule has 0 aromatic rings. The van der Waals surface area contributed by atoms with Crippen LogP contribution in [0, 0.1) is 0 Å². The van der Waals surface area contributed by atoms with E-state index in [2.05, 4.69) is 0 Å².